The predicted octanol–water partition coefficient (Wildman–Crippen LogP) is 4.45. The zero-order valence-electron chi connectivity index (χ0n) is 14.6. The summed E-state index contributed by atoms with van der Waals surface area (Å²) in [4.78, 5) is 18.6. The fourth-order valence-electron chi connectivity index (χ4n) is 3.08. The van der Waals surface area contributed by atoms with Crippen LogP contribution in [-0.4, -0.2) is 24.0 Å². The Morgan fingerprint density at radius 2 is 1.93 bits per heavy atom. The third-order valence-corrected chi connectivity index (χ3v) is 4.65. The molecule has 0 radical (unpaired) electrons. The van der Waals surface area contributed by atoms with Gasteiger partial charge in [-0.1, -0.05) is 29.8 Å². The number of hydrogen-bond donors (Lipinski definition) is 1. The molecule has 136 valence electrons. The zero-order valence-corrected chi connectivity index (χ0v) is 15.3. The number of ether oxygens (including phenoxy) is 1. The van der Waals surface area contributed by atoms with E-state index in [-0.39, 0.29) is 12.5 Å². The first-order valence-electron chi connectivity index (χ1n) is 8.69. The van der Waals surface area contributed by atoms with Crippen LogP contribution >= 0.6 is 11.6 Å². The second-order valence-electron chi connectivity index (χ2n) is 6.22. The molecule has 4 rings (SSSR count). The van der Waals surface area contributed by atoms with Gasteiger partial charge in [-0.2, -0.15) is 0 Å². The molecule has 2 heterocycles. The lowest BCUT2D eigenvalue weighted by molar-refractivity contribution is -0.118. The maximum Gasteiger partial charge on any atom is 0.263 e. The van der Waals surface area contributed by atoms with Gasteiger partial charge in [0.15, 0.2) is 6.61 Å². The number of carbonyl (C=O) groups is 1. The third-order valence-electron chi connectivity index (χ3n) is 4.40. The number of hydrogen-bond acceptors (Lipinski definition) is 4. The van der Waals surface area contributed by atoms with Gasteiger partial charge >= 0.3 is 0 Å². The number of para-hydroxylation sites is 1. The van der Waals surface area contributed by atoms with Gasteiger partial charge in [0.1, 0.15) is 11.6 Å². The summed E-state index contributed by atoms with van der Waals surface area (Å²) in [7, 11) is 0. The van der Waals surface area contributed by atoms with Crippen molar-refractivity contribution >= 4 is 34.7 Å². The van der Waals surface area contributed by atoms with Crippen molar-refractivity contribution in [2.45, 2.75) is 6.42 Å². The Morgan fingerprint density at radius 3 is 2.70 bits per heavy atom. The number of fused-ring (bicyclic) bond motifs is 1. The van der Waals surface area contributed by atoms with Gasteiger partial charge in [-0.15, -0.1) is 0 Å². The second-order valence-corrected chi connectivity index (χ2v) is 6.66. The molecule has 5 nitrogen and oxygen atoms in total. The van der Waals surface area contributed by atoms with E-state index in [0.717, 1.165) is 18.7 Å². The lowest BCUT2D eigenvalue weighted by atomic mass is 10.2. The molecule has 0 fully saturated rings. The Bertz CT molecular complexity index is 942. The summed E-state index contributed by atoms with van der Waals surface area (Å²) >= 11 is 5.82. The van der Waals surface area contributed by atoms with Crippen molar-refractivity contribution in [2.24, 2.45) is 0 Å². The summed E-state index contributed by atoms with van der Waals surface area (Å²) in [5, 5.41) is 3.36. The van der Waals surface area contributed by atoms with Crippen LogP contribution in [0.1, 0.15) is 5.56 Å². The second kappa shape index (κ2) is 7.68. The molecule has 0 aliphatic carbocycles. The standard InChI is InChI=1S/C21H18ClN3O2/c22-16-5-8-18(9-6-16)27-14-21(26)24-20-10-7-17(13-23-20)25-12-11-15-3-1-2-4-19(15)25/h1-10,13H,11-12,14H2,(H,23,24,26). The number of benzene rings is 2. The highest BCUT2D eigenvalue weighted by Gasteiger charge is 2.19. The van der Waals surface area contributed by atoms with Gasteiger partial charge in [0, 0.05) is 17.3 Å². The number of amides is 1. The molecule has 27 heavy (non-hydrogen) atoms. The molecule has 1 aromatic heterocycles. The Kier molecular flexibility index (Phi) is 4.94. The van der Waals surface area contributed by atoms with E-state index in [2.05, 4.69) is 33.4 Å². The van der Waals surface area contributed by atoms with Crippen LogP contribution in [0.5, 0.6) is 5.75 Å². The molecule has 0 spiro atoms. The molecule has 6 heteroatoms. The van der Waals surface area contributed by atoms with Crippen molar-refractivity contribution in [1.29, 1.82) is 0 Å². The van der Waals surface area contributed by atoms with Gasteiger partial charge in [0.25, 0.3) is 5.91 Å². The van der Waals surface area contributed by atoms with Gasteiger partial charge in [-0.3, -0.25) is 4.79 Å². The van der Waals surface area contributed by atoms with Crippen molar-refractivity contribution in [3.8, 4) is 5.75 Å². The predicted molar refractivity (Wildman–Crippen MR) is 107 cm³/mol. The number of nitrogens with zero attached hydrogens (tertiary/aromatic N) is 2. The lowest BCUT2D eigenvalue weighted by Gasteiger charge is -2.19. The van der Waals surface area contributed by atoms with E-state index in [9.17, 15) is 4.79 Å². The molecule has 2 aromatic carbocycles. The summed E-state index contributed by atoms with van der Waals surface area (Å²) in [6.07, 6.45) is 2.80. The number of aromatic nitrogens is 1. The van der Waals surface area contributed by atoms with Crippen LogP contribution in [0.4, 0.5) is 17.2 Å². The largest absolute Gasteiger partial charge is 0.484 e. The van der Waals surface area contributed by atoms with E-state index >= 15 is 0 Å². The molecule has 0 unspecified atom stereocenters. The number of pyridine rings is 1. The molecule has 0 bridgehead atoms. The van der Waals surface area contributed by atoms with Crippen LogP contribution in [-0.2, 0) is 11.2 Å². The average Bonchev–Trinajstić information content (AvgIpc) is 3.12. The molecule has 1 aliphatic heterocycles. The minimum absolute atomic E-state index is 0.0927. The fraction of sp³-hybridized carbons (Fsp3) is 0.143. The Morgan fingerprint density at radius 1 is 1.11 bits per heavy atom. The highest BCUT2D eigenvalue weighted by Crippen LogP contribution is 2.33. The van der Waals surface area contributed by atoms with Gasteiger partial charge in [0.2, 0.25) is 0 Å². The molecule has 1 aliphatic rings. The Labute approximate surface area is 162 Å². The van der Waals surface area contributed by atoms with E-state index in [0.29, 0.717) is 16.6 Å². The van der Waals surface area contributed by atoms with E-state index in [1.54, 1.807) is 36.5 Å². The molecular formula is C21H18ClN3O2. The van der Waals surface area contributed by atoms with Crippen LogP contribution in [0.25, 0.3) is 0 Å². The number of anilines is 3. The lowest BCUT2D eigenvalue weighted by Crippen LogP contribution is -2.21. The third kappa shape index (κ3) is 4.04. The number of nitrogens with one attached hydrogen (secondary N) is 1. The smallest absolute Gasteiger partial charge is 0.263 e. The highest BCUT2D eigenvalue weighted by atomic mass is 35.5. The minimum atomic E-state index is -0.267. The number of carbonyl (C=O) groups excluding carboxylic acids is 1. The van der Waals surface area contributed by atoms with Gasteiger partial charge in [0.05, 0.1) is 11.9 Å². The summed E-state index contributed by atoms with van der Waals surface area (Å²) in [5.41, 5.74) is 3.57. The number of rotatable bonds is 5. The molecule has 1 N–H and O–H groups in total. The maximum absolute atomic E-state index is 12.0. The molecule has 0 atom stereocenters. The van der Waals surface area contributed by atoms with E-state index < -0.39 is 0 Å². The first-order valence-corrected chi connectivity index (χ1v) is 9.06. The molecule has 3 aromatic rings. The summed E-state index contributed by atoms with van der Waals surface area (Å²) in [5.74, 6) is 0.818. The van der Waals surface area contributed by atoms with Crippen LogP contribution in [0, 0.1) is 0 Å². The number of halogens is 1. The van der Waals surface area contributed by atoms with Crippen LogP contribution < -0.4 is 15.0 Å². The normalized spacial score (nSPS) is 12.6. The molecule has 1 amide bonds. The topological polar surface area (TPSA) is 54.5 Å². The summed E-state index contributed by atoms with van der Waals surface area (Å²) in [6.45, 7) is 0.840. The van der Waals surface area contributed by atoms with Crippen LogP contribution in [0.15, 0.2) is 66.9 Å². The molecular weight excluding hydrogens is 362 g/mol. The monoisotopic (exact) mass is 379 g/mol. The highest BCUT2D eigenvalue weighted by molar-refractivity contribution is 6.30. The Hall–Kier alpha value is -3.05. The Balaban J connectivity index is 1.35. The fourth-order valence-corrected chi connectivity index (χ4v) is 3.21. The van der Waals surface area contributed by atoms with E-state index in [4.69, 9.17) is 16.3 Å². The van der Waals surface area contributed by atoms with E-state index in [1.165, 1.54) is 11.3 Å². The maximum atomic E-state index is 12.0. The SMILES string of the molecule is O=C(COc1ccc(Cl)cc1)Nc1ccc(N2CCc3ccccc32)cn1. The minimum Gasteiger partial charge on any atom is -0.484 e. The zero-order chi connectivity index (χ0) is 18.6. The van der Waals surface area contributed by atoms with E-state index in [1.807, 2.05) is 12.1 Å². The molecule has 0 saturated heterocycles. The van der Waals surface area contributed by atoms with Crippen molar-refractivity contribution in [3.05, 3.63) is 77.4 Å². The summed E-state index contributed by atoms with van der Waals surface area (Å²) < 4.78 is 5.43. The average molecular weight is 380 g/mol. The summed E-state index contributed by atoms with van der Waals surface area (Å²) in [6, 6.07) is 19.0. The first-order chi connectivity index (χ1) is 13.2. The van der Waals surface area contributed by atoms with Gasteiger partial charge < -0.3 is 15.0 Å². The van der Waals surface area contributed by atoms with Gasteiger partial charge in [-0.25, -0.2) is 4.98 Å². The first kappa shape index (κ1) is 17.4. The van der Waals surface area contributed by atoms with Crippen molar-refractivity contribution in [3.63, 3.8) is 0 Å². The van der Waals surface area contributed by atoms with Crippen molar-refractivity contribution < 1.29 is 9.53 Å². The van der Waals surface area contributed by atoms with Gasteiger partial charge in [-0.05, 0) is 54.4 Å². The van der Waals surface area contributed by atoms with Crippen molar-refractivity contribution in [1.82, 2.24) is 4.98 Å². The quantitative estimate of drug-likeness (QED) is 0.711. The van der Waals surface area contributed by atoms with Crippen molar-refractivity contribution in [2.75, 3.05) is 23.4 Å². The molecule has 0 saturated carbocycles. The van der Waals surface area contributed by atoms with Crippen LogP contribution in [0.2, 0.25) is 5.02 Å². The van der Waals surface area contributed by atoms with Crippen LogP contribution in [0.3, 0.4) is 0 Å².